The van der Waals surface area contributed by atoms with Gasteiger partial charge in [0, 0.05) is 24.7 Å². The maximum atomic E-state index is 13.1. The molecule has 1 aromatic heterocycles. The van der Waals surface area contributed by atoms with E-state index in [1.807, 2.05) is 12.1 Å². The highest BCUT2D eigenvalue weighted by atomic mass is 35.5. The second-order valence-electron chi connectivity index (χ2n) is 9.81. The molecule has 1 spiro atoms. The van der Waals surface area contributed by atoms with Gasteiger partial charge in [-0.05, 0) is 42.7 Å². The second kappa shape index (κ2) is 7.80. The minimum Gasteiger partial charge on any atom is -0.371 e. The van der Waals surface area contributed by atoms with Gasteiger partial charge in [0.2, 0.25) is 0 Å². The van der Waals surface area contributed by atoms with Crippen LogP contribution in [0.4, 0.5) is 5.69 Å². The molecule has 6 rings (SSSR count). The first-order valence-electron chi connectivity index (χ1n) is 11.7. The average Bonchev–Trinajstić information content (AvgIpc) is 3.01. The molecule has 3 aromatic rings. The van der Waals surface area contributed by atoms with Crippen LogP contribution in [0.25, 0.3) is 16.6 Å². The zero-order valence-electron chi connectivity index (χ0n) is 19.0. The molecule has 0 unspecified atom stereocenters. The van der Waals surface area contributed by atoms with Crippen molar-refractivity contribution in [1.82, 2.24) is 9.55 Å². The summed E-state index contributed by atoms with van der Waals surface area (Å²) in [7, 11) is -3.43. The molecular weight excluding hydrogens is 474 g/mol. The zero-order chi connectivity index (χ0) is 23.7. The topological polar surface area (TPSA) is 81.5 Å². The highest BCUT2D eigenvalue weighted by Gasteiger charge is 2.46. The van der Waals surface area contributed by atoms with Crippen LogP contribution in [0.3, 0.4) is 0 Å². The molecule has 3 aliphatic rings. The number of halogens is 1. The number of hydrogen-bond acceptors (Lipinski definition) is 6. The summed E-state index contributed by atoms with van der Waals surface area (Å²) in [5.74, 6) is 1.01. The number of anilines is 1. The van der Waals surface area contributed by atoms with Gasteiger partial charge in [-0.2, -0.15) is 13.4 Å². The fourth-order valence-electron chi connectivity index (χ4n) is 5.97. The third-order valence-corrected chi connectivity index (χ3v) is 8.46. The van der Waals surface area contributed by atoms with Gasteiger partial charge in [0.15, 0.2) is 0 Å². The van der Waals surface area contributed by atoms with E-state index in [0.717, 1.165) is 67.7 Å². The van der Waals surface area contributed by atoms with Crippen molar-refractivity contribution in [3.8, 4) is 5.69 Å². The Hall–Kier alpha value is -2.42. The lowest BCUT2D eigenvalue weighted by Crippen LogP contribution is -2.49. The van der Waals surface area contributed by atoms with Crippen LogP contribution in [-0.2, 0) is 19.7 Å². The van der Waals surface area contributed by atoms with E-state index in [4.69, 9.17) is 15.8 Å². The molecule has 2 aromatic carbocycles. The predicted octanol–water partition coefficient (Wildman–Crippen LogP) is 4.02. The highest BCUT2D eigenvalue weighted by molar-refractivity contribution is 7.85. The predicted molar refractivity (Wildman–Crippen MR) is 133 cm³/mol. The fraction of sp³-hybridized carbons (Fsp3) is 0.440. The van der Waals surface area contributed by atoms with Crippen molar-refractivity contribution in [2.45, 2.75) is 37.5 Å². The van der Waals surface area contributed by atoms with Crippen molar-refractivity contribution in [2.24, 2.45) is 5.92 Å². The number of aromatic nitrogens is 2. The van der Waals surface area contributed by atoms with Gasteiger partial charge < -0.3 is 4.90 Å². The quantitative estimate of drug-likeness (QED) is 0.504. The third-order valence-electron chi connectivity index (χ3n) is 7.58. The van der Waals surface area contributed by atoms with Gasteiger partial charge >= 0.3 is 0 Å². The van der Waals surface area contributed by atoms with Crippen LogP contribution in [0.1, 0.15) is 43.5 Å². The molecule has 0 N–H and O–H groups in total. The van der Waals surface area contributed by atoms with Gasteiger partial charge in [-0.25, -0.2) is 0 Å². The molecule has 34 heavy (non-hydrogen) atoms. The Kier molecular flexibility index (Phi) is 5.06. The van der Waals surface area contributed by atoms with E-state index in [1.165, 1.54) is 12.0 Å². The first-order valence-corrected chi connectivity index (χ1v) is 13.9. The van der Waals surface area contributed by atoms with Gasteiger partial charge in [-0.15, -0.1) is 0 Å². The van der Waals surface area contributed by atoms with Crippen LogP contribution < -0.4 is 10.5 Å². The van der Waals surface area contributed by atoms with Gasteiger partial charge in [0.25, 0.3) is 15.7 Å². The Bertz CT molecular complexity index is 1470. The molecule has 1 aliphatic carbocycles. The summed E-state index contributed by atoms with van der Waals surface area (Å²) in [6.07, 6.45) is 6.46. The van der Waals surface area contributed by atoms with Crippen LogP contribution in [-0.4, -0.2) is 43.9 Å². The monoisotopic (exact) mass is 499 g/mol. The van der Waals surface area contributed by atoms with E-state index in [9.17, 15) is 13.2 Å². The molecule has 0 bridgehead atoms. The average molecular weight is 500 g/mol. The minimum atomic E-state index is -3.43. The lowest BCUT2D eigenvalue weighted by atomic mass is 9.70. The van der Waals surface area contributed by atoms with E-state index >= 15 is 0 Å². The molecule has 3 heterocycles. The van der Waals surface area contributed by atoms with Crippen molar-refractivity contribution in [3.63, 3.8) is 0 Å². The van der Waals surface area contributed by atoms with Crippen LogP contribution >= 0.6 is 11.6 Å². The van der Waals surface area contributed by atoms with Crippen molar-refractivity contribution < 1.29 is 12.6 Å². The van der Waals surface area contributed by atoms with E-state index in [1.54, 1.807) is 6.07 Å². The van der Waals surface area contributed by atoms with Gasteiger partial charge in [-0.1, -0.05) is 43.0 Å². The van der Waals surface area contributed by atoms with Crippen LogP contribution in [0.2, 0.25) is 5.02 Å². The molecule has 178 valence electrons. The second-order valence-corrected chi connectivity index (χ2v) is 11.9. The maximum absolute atomic E-state index is 13.1. The minimum absolute atomic E-state index is 0.178. The molecule has 0 radical (unpaired) electrons. The number of fused-ring (bicyclic) bond motifs is 7. The largest absolute Gasteiger partial charge is 0.371 e. The van der Waals surface area contributed by atoms with Crippen molar-refractivity contribution in [2.75, 3.05) is 30.9 Å². The van der Waals surface area contributed by atoms with Crippen LogP contribution in [0.5, 0.6) is 0 Å². The molecule has 9 heteroatoms. The normalized spacial score (nSPS) is 19.3. The smallest absolute Gasteiger partial charge is 0.282 e. The highest BCUT2D eigenvalue weighted by Crippen LogP contribution is 2.52. The van der Waals surface area contributed by atoms with E-state index < -0.39 is 10.1 Å². The van der Waals surface area contributed by atoms with E-state index in [-0.39, 0.29) is 23.5 Å². The summed E-state index contributed by atoms with van der Waals surface area (Å²) in [4.78, 5) is 19.9. The van der Waals surface area contributed by atoms with Crippen LogP contribution in [0, 0.1) is 5.92 Å². The van der Waals surface area contributed by atoms with E-state index in [0.29, 0.717) is 10.4 Å². The molecule has 2 fully saturated rings. The Morgan fingerprint density at radius 3 is 2.65 bits per heavy atom. The number of nitrogens with zero attached hydrogens (tertiary/aromatic N) is 3. The molecular formula is C25H26ClN3O4S. The Morgan fingerprint density at radius 2 is 1.91 bits per heavy atom. The molecule has 7 nitrogen and oxygen atoms in total. The van der Waals surface area contributed by atoms with Gasteiger partial charge in [0.1, 0.15) is 5.82 Å². The lowest BCUT2D eigenvalue weighted by Gasteiger charge is -2.41. The summed E-state index contributed by atoms with van der Waals surface area (Å²) >= 11 is 6.44. The third kappa shape index (κ3) is 3.38. The summed E-state index contributed by atoms with van der Waals surface area (Å²) in [6, 6.07) is 12.1. The SMILES string of the molecule is CS(=O)(=O)OCC1CN(c2ccc3c(c2)-n2c(nc(=O)c4c(Cl)cccc42)C32CCCCC2)C1. The van der Waals surface area contributed by atoms with E-state index in [2.05, 4.69) is 32.7 Å². The van der Waals surface area contributed by atoms with Gasteiger partial charge in [0.05, 0.1) is 39.9 Å². The first-order chi connectivity index (χ1) is 16.3. The van der Waals surface area contributed by atoms with Crippen LogP contribution in [0.15, 0.2) is 41.2 Å². The molecule has 0 atom stereocenters. The number of rotatable bonds is 4. The standard InChI is InChI=1S/C25H26ClN3O4S/c1-34(31,32)33-15-16-13-28(14-16)17-8-9-18-21(12-17)29-20-7-5-6-19(26)22(20)23(30)27-24(29)25(18)10-3-2-4-11-25/h5-9,12,16H,2-4,10-11,13-15H2,1H3. The Morgan fingerprint density at radius 1 is 1.15 bits per heavy atom. The Balaban J connectivity index is 1.44. The Labute approximate surface area is 203 Å². The summed E-state index contributed by atoms with van der Waals surface area (Å²) < 4.78 is 29.7. The van der Waals surface area contributed by atoms with Crippen molar-refractivity contribution in [3.05, 3.63) is 63.2 Å². The molecule has 0 amide bonds. The molecule has 2 aliphatic heterocycles. The summed E-state index contributed by atoms with van der Waals surface area (Å²) in [5, 5.41) is 0.878. The number of benzene rings is 2. The number of hydrogen-bond donors (Lipinski definition) is 0. The zero-order valence-corrected chi connectivity index (χ0v) is 20.5. The van der Waals surface area contributed by atoms with Gasteiger partial charge in [-0.3, -0.25) is 13.5 Å². The summed E-state index contributed by atoms with van der Waals surface area (Å²) in [5.41, 5.74) is 3.65. The summed E-state index contributed by atoms with van der Waals surface area (Å²) in [6.45, 7) is 1.68. The lowest BCUT2D eigenvalue weighted by molar-refractivity contribution is 0.228. The molecule has 1 saturated carbocycles. The maximum Gasteiger partial charge on any atom is 0.282 e. The first kappa shape index (κ1) is 22.1. The van der Waals surface area contributed by atoms with Crippen molar-refractivity contribution >= 4 is 38.3 Å². The molecule has 1 saturated heterocycles. The van der Waals surface area contributed by atoms with Crippen molar-refractivity contribution in [1.29, 1.82) is 0 Å². The fourth-order valence-corrected chi connectivity index (χ4v) is 6.66.